The van der Waals surface area contributed by atoms with Gasteiger partial charge in [-0.25, -0.2) is 17.5 Å². The molecule has 0 aliphatic heterocycles. The van der Waals surface area contributed by atoms with Gasteiger partial charge in [0.1, 0.15) is 5.82 Å². The summed E-state index contributed by atoms with van der Waals surface area (Å²) in [5, 5.41) is -0.447. The standard InChI is InChI=1S/C20H22FNO3S/c1-14-17(15-7-3-2-4-8-15)11-12-18(21)20(14)19(23)13-22-26(24,25)16-9-5-6-10-16/h2-4,7-8,11-12,16,22H,5-6,9-10,13H2,1H3. The lowest BCUT2D eigenvalue weighted by Gasteiger charge is -2.14. The molecule has 4 nitrogen and oxygen atoms in total. The number of carbonyl (C=O) groups excluding carboxylic acids is 1. The largest absolute Gasteiger partial charge is 0.293 e. The van der Waals surface area contributed by atoms with Crippen LogP contribution in [0.5, 0.6) is 0 Å². The van der Waals surface area contributed by atoms with Gasteiger partial charge in [0.2, 0.25) is 10.0 Å². The summed E-state index contributed by atoms with van der Waals surface area (Å²) in [6, 6.07) is 12.3. The number of sulfonamides is 1. The second-order valence-corrected chi connectivity index (χ2v) is 8.70. The molecule has 1 aliphatic carbocycles. The second-order valence-electron chi connectivity index (χ2n) is 6.66. The fourth-order valence-corrected chi connectivity index (χ4v) is 5.04. The monoisotopic (exact) mass is 375 g/mol. The van der Waals surface area contributed by atoms with Crippen LogP contribution in [0.15, 0.2) is 42.5 Å². The van der Waals surface area contributed by atoms with Gasteiger partial charge < -0.3 is 0 Å². The van der Waals surface area contributed by atoms with E-state index in [9.17, 15) is 17.6 Å². The maximum absolute atomic E-state index is 14.3. The van der Waals surface area contributed by atoms with Crippen LogP contribution in [-0.2, 0) is 10.0 Å². The lowest BCUT2D eigenvalue weighted by atomic mass is 9.94. The highest BCUT2D eigenvalue weighted by atomic mass is 32.2. The van der Waals surface area contributed by atoms with Crippen molar-refractivity contribution in [2.24, 2.45) is 0 Å². The minimum Gasteiger partial charge on any atom is -0.293 e. The van der Waals surface area contributed by atoms with Crippen molar-refractivity contribution in [3.8, 4) is 11.1 Å². The zero-order valence-corrected chi connectivity index (χ0v) is 15.5. The summed E-state index contributed by atoms with van der Waals surface area (Å²) in [5.41, 5.74) is 2.10. The third-order valence-electron chi connectivity index (χ3n) is 4.95. The number of carbonyl (C=O) groups is 1. The number of Topliss-reactive ketones (excluding diaryl/α,β-unsaturated/α-hetero) is 1. The molecule has 0 unspecified atom stereocenters. The maximum Gasteiger partial charge on any atom is 0.214 e. The van der Waals surface area contributed by atoms with E-state index in [0.29, 0.717) is 18.4 Å². The lowest BCUT2D eigenvalue weighted by Crippen LogP contribution is -2.36. The molecular formula is C20H22FNO3S. The molecule has 3 rings (SSSR count). The number of halogens is 1. The lowest BCUT2D eigenvalue weighted by molar-refractivity contribution is 0.0992. The summed E-state index contributed by atoms with van der Waals surface area (Å²) in [7, 11) is -3.54. The molecule has 1 saturated carbocycles. The van der Waals surface area contributed by atoms with Crippen molar-refractivity contribution in [1.82, 2.24) is 4.72 Å². The summed E-state index contributed by atoms with van der Waals surface area (Å²) in [6.07, 6.45) is 2.99. The van der Waals surface area contributed by atoms with E-state index in [4.69, 9.17) is 0 Å². The summed E-state index contributed by atoms with van der Waals surface area (Å²) in [6.45, 7) is 1.26. The average Bonchev–Trinajstić information content (AvgIpc) is 3.17. The van der Waals surface area contributed by atoms with Crippen LogP contribution < -0.4 is 4.72 Å². The maximum atomic E-state index is 14.3. The summed E-state index contributed by atoms with van der Waals surface area (Å²) >= 11 is 0. The van der Waals surface area contributed by atoms with Crippen LogP contribution in [0.1, 0.15) is 41.6 Å². The van der Waals surface area contributed by atoms with Crippen molar-refractivity contribution < 1.29 is 17.6 Å². The van der Waals surface area contributed by atoms with Gasteiger partial charge in [-0.3, -0.25) is 4.79 Å². The third-order valence-corrected chi connectivity index (χ3v) is 6.85. The van der Waals surface area contributed by atoms with Gasteiger partial charge in [-0.2, -0.15) is 0 Å². The van der Waals surface area contributed by atoms with Gasteiger partial charge in [0.25, 0.3) is 0 Å². The Hall–Kier alpha value is -2.05. The van der Waals surface area contributed by atoms with E-state index in [1.807, 2.05) is 30.3 Å². The van der Waals surface area contributed by atoms with Crippen LogP contribution in [0.3, 0.4) is 0 Å². The fourth-order valence-electron chi connectivity index (χ4n) is 3.52. The highest BCUT2D eigenvalue weighted by molar-refractivity contribution is 7.90. The second kappa shape index (κ2) is 7.68. The van der Waals surface area contributed by atoms with Crippen molar-refractivity contribution in [2.75, 3.05) is 6.54 Å². The molecule has 2 aromatic rings. The minimum atomic E-state index is -3.54. The van der Waals surface area contributed by atoms with Gasteiger partial charge >= 0.3 is 0 Å². The van der Waals surface area contributed by atoms with E-state index >= 15 is 0 Å². The SMILES string of the molecule is Cc1c(-c2ccccc2)ccc(F)c1C(=O)CNS(=O)(=O)C1CCCC1. The molecule has 0 spiro atoms. The molecule has 138 valence electrons. The van der Waals surface area contributed by atoms with Crippen LogP contribution in [0.2, 0.25) is 0 Å². The highest BCUT2D eigenvalue weighted by Crippen LogP contribution is 2.28. The smallest absolute Gasteiger partial charge is 0.214 e. The summed E-state index contributed by atoms with van der Waals surface area (Å²) < 4.78 is 41.2. The Labute approximate surface area is 153 Å². The van der Waals surface area contributed by atoms with Crippen molar-refractivity contribution >= 4 is 15.8 Å². The molecule has 0 heterocycles. The number of hydrogen-bond acceptors (Lipinski definition) is 3. The van der Waals surface area contributed by atoms with Crippen molar-refractivity contribution in [3.63, 3.8) is 0 Å². The zero-order valence-electron chi connectivity index (χ0n) is 14.7. The molecule has 0 atom stereocenters. The molecular weight excluding hydrogens is 353 g/mol. The van der Waals surface area contributed by atoms with Crippen LogP contribution in [-0.4, -0.2) is 26.0 Å². The first-order valence-corrected chi connectivity index (χ1v) is 10.3. The highest BCUT2D eigenvalue weighted by Gasteiger charge is 2.29. The topological polar surface area (TPSA) is 63.2 Å². The predicted octanol–water partition coefficient (Wildman–Crippen LogP) is 3.85. The van der Waals surface area contributed by atoms with Gasteiger partial charge in [0, 0.05) is 0 Å². The molecule has 0 saturated heterocycles. The normalized spacial score (nSPS) is 15.3. The van der Waals surface area contributed by atoms with E-state index in [1.54, 1.807) is 13.0 Å². The van der Waals surface area contributed by atoms with Crippen LogP contribution >= 0.6 is 0 Å². The molecule has 0 aromatic heterocycles. The molecule has 1 N–H and O–H groups in total. The van der Waals surface area contributed by atoms with E-state index in [2.05, 4.69) is 4.72 Å². The van der Waals surface area contributed by atoms with Gasteiger partial charge in [0.05, 0.1) is 17.4 Å². The Balaban J connectivity index is 1.83. The Morgan fingerprint density at radius 1 is 1.12 bits per heavy atom. The Morgan fingerprint density at radius 3 is 2.42 bits per heavy atom. The predicted molar refractivity (Wildman–Crippen MR) is 100 cm³/mol. The molecule has 1 aliphatic rings. The molecule has 0 radical (unpaired) electrons. The molecule has 6 heteroatoms. The van der Waals surface area contributed by atoms with Crippen LogP contribution in [0.4, 0.5) is 4.39 Å². The van der Waals surface area contributed by atoms with Crippen molar-refractivity contribution in [1.29, 1.82) is 0 Å². The van der Waals surface area contributed by atoms with E-state index in [-0.39, 0.29) is 5.56 Å². The first-order chi connectivity index (χ1) is 12.4. The third kappa shape index (κ3) is 3.86. The zero-order chi connectivity index (χ0) is 18.7. The van der Waals surface area contributed by atoms with Crippen molar-refractivity contribution in [2.45, 2.75) is 37.9 Å². The van der Waals surface area contributed by atoms with Gasteiger partial charge in [-0.05, 0) is 42.5 Å². The molecule has 1 fully saturated rings. The molecule has 2 aromatic carbocycles. The van der Waals surface area contributed by atoms with E-state index in [0.717, 1.165) is 24.0 Å². The van der Waals surface area contributed by atoms with Crippen molar-refractivity contribution in [3.05, 3.63) is 59.4 Å². The average molecular weight is 375 g/mol. The number of benzene rings is 2. The molecule has 26 heavy (non-hydrogen) atoms. The van der Waals surface area contributed by atoms with Crippen LogP contribution in [0.25, 0.3) is 11.1 Å². The fraction of sp³-hybridized carbons (Fsp3) is 0.350. The Kier molecular flexibility index (Phi) is 5.53. The minimum absolute atomic E-state index is 0.0551. The van der Waals surface area contributed by atoms with Gasteiger partial charge in [-0.1, -0.05) is 49.2 Å². The van der Waals surface area contributed by atoms with E-state index in [1.165, 1.54) is 6.07 Å². The number of ketones is 1. The Bertz CT molecular complexity index is 904. The number of nitrogens with one attached hydrogen (secondary N) is 1. The van der Waals surface area contributed by atoms with E-state index < -0.39 is 33.4 Å². The summed E-state index contributed by atoms with van der Waals surface area (Å²) in [5.74, 6) is -1.19. The molecule has 0 amide bonds. The quantitative estimate of drug-likeness (QED) is 0.780. The first-order valence-electron chi connectivity index (χ1n) is 8.76. The molecule has 0 bridgehead atoms. The summed E-state index contributed by atoms with van der Waals surface area (Å²) in [4.78, 5) is 12.6. The number of rotatable bonds is 6. The Morgan fingerprint density at radius 2 is 1.77 bits per heavy atom. The van der Waals surface area contributed by atoms with Gasteiger partial charge in [0.15, 0.2) is 5.78 Å². The van der Waals surface area contributed by atoms with Gasteiger partial charge in [-0.15, -0.1) is 0 Å². The number of hydrogen-bond donors (Lipinski definition) is 1. The first kappa shape index (κ1) is 18.7. The van der Waals surface area contributed by atoms with Crippen LogP contribution in [0, 0.1) is 12.7 Å².